The predicted molar refractivity (Wildman–Crippen MR) is 73.4 cm³/mol. The first-order chi connectivity index (χ1) is 9.01. The summed E-state index contributed by atoms with van der Waals surface area (Å²) in [4.78, 5) is 13.8. The monoisotopic (exact) mass is 268 g/mol. The molecule has 3 N–H and O–H groups in total. The molecule has 0 aliphatic heterocycles. The molecule has 0 saturated carbocycles. The Morgan fingerprint density at radius 3 is 2.63 bits per heavy atom. The standard InChI is InChI=1S/C14H21FN2O2/c1-3-4-5-17(6-7-18)14(19)11-8-12(15)10(2)13(16)9-11/h8-9,18H,3-7,16H2,1-2H3. The number of nitrogens with zero attached hydrogens (tertiary/aromatic N) is 1. The normalized spacial score (nSPS) is 10.5. The second-order valence-corrected chi connectivity index (χ2v) is 4.54. The van der Waals surface area contributed by atoms with Crippen molar-refractivity contribution in [3.05, 3.63) is 29.1 Å². The number of unbranched alkanes of at least 4 members (excludes halogenated alkanes) is 1. The zero-order valence-electron chi connectivity index (χ0n) is 11.4. The number of halogens is 1. The Bertz CT molecular complexity index is 426. The second-order valence-electron chi connectivity index (χ2n) is 4.54. The lowest BCUT2D eigenvalue weighted by Gasteiger charge is -2.22. The van der Waals surface area contributed by atoms with Gasteiger partial charge in [0.05, 0.1) is 6.61 Å². The highest BCUT2D eigenvalue weighted by Crippen LogP contribution is 2.19. The molecule has 4 nitrogen and oxygen atoms in total. The van der Waals surface area contributed by atoms with Gasteiger partial charge in [-0.1, -0.05) is 13.3 Å². The molecular weight excluding hydrogens is 247 g/mol. The van der Waals surface area contributed by atoms with Gasteiger partial charge < -0.3 is 15.7 Å². The van der Waals surface area contributed by atoms with E-state index < -0.39 is 5.82 Å². The molecule has 0 spiro atoms. The summed E-state index contributed by atoms with van der Waals surface area (Å²) in [5, 5.41) is 8.99. The van der Waals surface area contributed by atoms with E-state index in [1.54, 1.807) is 6.92 Å². The van der Waals surface area contributed by atoms with Gasteiger partial charge in [0, 0.05) is 29.9 Å². The van der Waals surface area contributed by atoms with E-state index in [1.807, 2.05) is 6.92 Å². The Balaban J connectivity index is 2.95. The SMILES string of the molecule is CCCCN(CCO)C(=O)c1cc(N)c(C)c(F)c1. The van der Waals surface area contributed by atoms with Crippen molar-refractivity contribution in [2.24, 2.45) is 0 Å². The summed E-state index contributed by atoms with van der Waals surface area (Å²) in [5.41, 5.74) is 6.51. The number of hydrogen-bond acceptors (Lipinski definition) is 3. The Labute approximate surface area is 113 Å². The van der Waals surface area contributed by atoms with Crippen LogP contribution in [-0.2, 0) is 0 Å². The van der Waals surface area contributed by atoms with Crippen molar-refractivity contribution in [3.8, 4) is 0 Å². The van der Waals surface area contributed by atoms with Gasteiger partial charge in [0.15, 0.2) is 0 Å². The number of aliphatic hydroxyl groups excluding tert-OH is 1. The van der Waals surface area contributed by atoms with Crippen LogP contribution in [0.15, 0.2) is 12.1 Å². The number of hydrogen-bond donors (Lipinski definition) is 2. The number of nitrogens with two attached hydrogens (primary N) is 1. The van der Waals surface area contributed by atoms with Crippen molar-refractivity contribution < 1.29 is 14.3 Å². The molecule has 0 saturated heterocycles. The first-order valence-corrected chi connectivity index (χ1v) is 6.47. The van der Waals surface area contributed by atoms with Gasteiger partial charge in [-0.05, 0) is 25.5 Å². The minimum absolute atomic E-state index is 0.112. The van der Waals surface area contributed by atoms with Crippen LogP contribution in [0.3, 0.4) is 0 Å². The molecule has 1 aromatic carbocycles. The molecule has 0 aliphatic rings. The van der Waals surface area contributed by atoms with Crippen LogP contribution in [0, 0.1) is 12.7 Å². The van der Waals surface area contributed by atoms with Crippen LogP contribution in [0.25, 0.3) is 0 Å². The lowest BCUT2D eigenvalue weighted by molar-refractivity contribution is 0.0719. The zero-order chi connectivity index (χ0) is 14.4. The molecule has 1 amide bonds. The summed E-state index contributed by atoms with van der Waals surface area (Å²) < 4.78 is 13.6. The topological polar surface area (TPSA) is 66.6 Å². The number of nitrogen functional groups attached to an aromatic ring is 1. The number of aliphatic hydroxyl groups is 1. The lowest BCUT2D eigenvalue weighted by Crippen LogP contribution is -2.34. The Kier molecular flexibility index (Phi) is 5.76. The predicted octanol–water partition coefficient (Wildman–Crippen LogP) is 1.95. The van der Waals surface area contributed by atoms with Gasteiger partial charge in [-0.3, -0.25) is 4.79 Å². The van der Waals surface area contributed by atoms with Crippen molar-refractivity contribution in [1.29, 1.82) is 0 Å². The fraction of sp³-hybridized carbons (Fsp3) is 0.500. The highest BCUT2D eigenvalue weighted by molar-refractivity contribution is 5.95. The van der Waals surface area contributed by atoms with Gasteiger partial charge in [-0.25, -0.2) is 4.39 Å². The highest BCUT2D eigenvalue weighted by Gasteiger charge is 2.17. The molecule has 19 heavy (non-hydrogen) atoms. The molecule has 1 aromatic rings. The van der Waals surface area contributed by atoms with E-state index in [2.05, 4.69) is 0 Å². The maximum atomic E-state index is 13.6. The third-order valence-corrected chi connectivity index (χ3v) is 3.07. The van der Waals surface area contributed by atoms with E-state index >= 15 is 0 Å². The van der Waals surface area contributed by atoms with Crippen molar-refractivity contribution in [2.45, 2.75) is 26.7 Å². The smallest absolute Gasteiger partial charge is 0.254 e. The van der Waals surface area contributed by atoms with Gasteiger partial charge in [-0.15, -0.1) is 0 Å². The van der Waals surface area contributed by atoms with Crippen molar-refractivity contribution in [2.75, 3.05) is 25.4 Å². The second kappa shape index (κ2) is 7.09. The van der Waals surface area contributed by atoms with Crippen LogP contribution < -0.4 is 5.73 Å². The molecule has 0 radical (unpaired) electrons. The number of anilines is 1. The average molecular weight is 268 g/mol. The fourth-order valence-corrected chi connectivity index (χ4v) is 1.79. The molecule has 0 fully saturated rings. The van der Waals surface area contributed by atoms with Crippen LogP contribution in [0.4, 0.5) is 10.1 Å². The Morgan fingerprint density at radius 2 is 2.11 bits per heavy atom. The molecule has 0 bridgehead atoms. The Hall–Kier alpha value is -1.62. The summed E-state index contributed by atoms with van der Waals surface area (Å²) in [5.74, 6) is -0.782. The molecule has 0 heterocycles. The van der Waals surface area contributed by atoms with E-state index in [9.17, 15) is 9.18 Å². The Morgan fingerprint density at radius 1 is 1.42 bits per heavy atom. The lowest BCUT2D eigenvalue weighted by atomic mass is 10.1. The maximum absolute atomic E-state index is 13.6. The minimum Gasteiger partial charge on any atom is -0.398 e. The summed E-state index contributed by atoms with van der Waals surface area (Å²) in [6.45, 7) is 4.27. The highest BCUT2D eigenvalue weighted by atomic mass is 19.1. The van der Waals surface area contributed by atoms with Gasteiger partial charge >= 0.3 is 0 Å². The molecule has 0 aromatic heterocycles. The fourth-order valence-electron chi connectivity index (χ4n) is 1.79. The first kappa shape index (κ1) is 15.4. The van der Waals surface area contributed by atoms with Gasteiger partial charge in [-0.2, -0.15) is 0 Å². The third kappa shape index (κ3) is 3.92. The summed E-state index contributed by atoms with van der Waals surface area (Å²) >= 11 is 0. The largest absolute Gasteiger partial charge is 0.398 e. The number of benzene rings is 1. The molecule has 106 valence electrons. The maximum Gasteiger partial charge on any atom is 0.254 e. The number of carbonyl (C=O) groups excluding carboxylic acids is 1. The minimum atomic E-state index is -0.484. The average Bonchev–Trinajstić information content (AvgIpc) is 2.39. The van der Waals surface area contributed by atoms with Crippen molar-refractivity contribution in [1.82, 2.24) is 4.90 Å². The quantitative estimate of drug-likeness (QED) is 0.775. The zero-order valence-corrected chi connectivity index (χ0v) is 11.4. The summed E-state index contributed by atoms with van der Waals surface area (Å²) in [6.07, 6.45) is 1.79. The molecule has 5 heteroatoms. The molecule has 0 atom stereocenters. The first-order valence-electron chi connectivity index (χ1n) is 6.47. The molecular formula is C14H21FN2O2. The van der Waals surface area contributed by atoms with Crippen LogP contribution in [0.2, 0.25) is 0 Å². The molecule has 0 unspecified atom stereocenters. The number of carbonyl (C=O) groups is 1. The molecule has 0 aliphatic carbocycles. The summed E-state index contributed by atoms with van der Waals surface area (Å²) in [7, 11) is 0. The molecule has 1 rings (SSSR count). The van der Waals surface area contributed by atoms with Crippen molar-refractivity contribution >= 4 is 11.6 Å². The van der Waals surface area contributed by atoms with E-state index in [0.29, 0.717) is 12.1 Å². The number of amides is 1. The van der Waals surface area contributed by atoms with Gasteiger partial charge in [0.1, 0.15) is 5.82 Å². The van der Waals surface area contributed by atoms with E-state index in [4.69, 9.17) is 10.8 Å². The van der Waals surface area contributed by atoms with Crippen LogP contribution in [0.5, 0.6) is 0 Å². The van der Waals surface area contributed by atoms with Gasteiger partial charge in [0.25, 0.3) is 5.91 Å². The van der Waals surface area contributed by atoms with Crippen molar-refractivity contribution in [3.63, 3.8) is 0 Å². The summed E-state index contributed by atoms with van der Waals surface area (Å²) in [6, 6.07) is 2.68. The van der Waals surface area contributed by atoms with Crippen LogP contribution in [-0.4, -0.2) is 35.6 Å². The van der Waals surface area contributed by atoms with Gasteiger partial charge in [0.2, 0.25) is 0 Å². The van der Waals surface area contributed by atoms with E-state index in [0.717, 1.165) is 12.8 Å². The van der Waals surface area contributed by atoms with E-state index in [-0.39, 0.29) is 30.3 Å². The number of rotatable bonds is 6. The van der Waals surface area contributed by atoms with Crippen LogP contribution >= 0.6 is 0 Å². The van der Waals surface area contributed by atoms with E-state index in [1.165, 1.54) is 17.0 Å². The third-order valence-electron chi connectivity index (χ3n) is 3.07. The van der Waals surface area contributed by atoms with Crippen LogP contribution in [0.1, 0.15) is 35.7 Å².